The molecule has 1 aliphatic carbocycles. The van der Waals surface area contributed by atoms with Crippen molar-refractivity contribution in [2.75, 3.05) is 30.6 Å². The summed E-state index contributed by atoms with van der Waals surface area (Å²) in [5, 5.41) is 9.72. The summed E-state index contributed by atoms with van der Waals surface area (Å²) in [6.45, 7) is 2.26. The number of benzene rings is 2. The predicted molar refractivity (Wildman–Crippen MR) is 123 cm³/mol. The van der Waals surface area contributed by atoms with E-state index < -0.39 is 6.09 Å². The Balaban J connectivity index is 2.09. The Kier molecular flexibility index (Phi) is 7.71. The number of hydrogen-bond acceptors (Lipinski definition) is 5. The first-order valence-electron chi connectivity index (χ1n) is 10.9. The lowest BCUT2D eigenvalue weighted by Gasteiger charge is -2.34. The molecule has 1 saturated carbocycles. The third-order valence-electron chi connectivity index (χ3n) is 5.85. The number of anilines is 2. The highest BCUT2D eigenvalue weighted by atomic mass is 16.6. The fourth-order valence-corrected chi connectivity index (χ4v) is 4.24. The van der Waals surface area contributed by atoms with Gasteiger partial charge in [-0.1, -0.05) is 49.6 Å². The Labute approximate surface area is 184 Å². The van der Waals surface area contributed by atoms with Gasteiger partial charge >= 0.3 is 11.8 Å². The molecular weight excluding hydrogens is 392 g/mol. The van der Waals surface area contributed by atoms with Crippen molar-refractivity contribution >= 4 is 23.2 Å². The molecule has 164 valence electrons. The summed E-state index contributed by atoms with van der Waals surface area (Å²) in [7, 11) is 3.63. The van der Waals surface area contributed by atoms with Crippen LogP contribution in [0.5, 0.6) is 5.75 Å². The zero-order chi connectivity index (χ0) is 22.2. The monoisotopic (exact) mass is 423 g/mol. The van der Waals surface area contributed by atoms with Gasteiger partial charge in [0.1, 0.15) is 0 Å². The maximum absolute atomic E-state index is 13.0. The molecule has 7 heteroatoms. The molecule has 0 spiro atoms. The molecule has 1 fully saturated rings. The highest BCUT2D eigenvalue weighted by molar-refractivity contribution is 5.97. The van der Waals surface area contributed by atoms with Gasteiger partial charge in [-0.2, -0.15) is 0 Å². The number of ether oxygens (including phenoxy) is 2. The van der Waals surface area contributed by atoms with E-state index in [-0.39, 0.29) is 18.8 Å². The van der Waals surface area contributed by atoms with Crippen LogP contribution in [0, 0.1) is 5.39 Å². The maximum Gasteiger partial charge on any atom is 0.414 e. The molecule has 0 aliphatic heterocycles. The first-order chi connectivity index (χ1) is 15.1. The van der Waals surface area contributed by atoms with Crippen molar-refractivity contribution in [1.29, 1.82) is 5.39 Å². The summed E-state index contributed by atoms with van der Waals surface area (Å²) in [5.74, 6) is 0.493. The average molecular weight is 424 g/mol. The van der Waals surface area contributed by atoms with E-state index in [1.807, 2.05) is 36.4 Å². The lowest BCUT2D eigenvalue weighted by atomic mass is 9.94. The molecular formula is C24H31N4O3+. The molecule has 0 radical (unpaired) electrons. The fraction of sp³-hybridized carbons (Fsp3) is 0.458. The van der Waals surface area contributed by atoms with Gasteiger partial charge in [-0.15, -0.1) is 0 Å². The number of hydrogen-bond donors (Lipinski definition) is 0. The van der Waals surface area contributed by atoms with Crippen LogP contribution in [0.3, 0.4) is 0 Å². The zero-order valence-electron chi connectivity index (χ0n) is 18.6. The number of amides is 1. The fourth-order valence-electron chi connectivity index (χ4n) is 4.24. The molecule has 0 atom stereocenters. The van der Waals surface area contributed by atoms with Crippen LogP contribution in [0.25, 0.3) is 4.98 Å². The molecule has 1 amide bonds. The molecule has 0 saturated heterocycles. The van der Waals surface area contributed by atoms with Crippen molar-refractivity contribution in [3.8, 4) is 5.75 Å². The van der Waals surface area contributed by atoms with Crippen LogP contribution in [0.15, 0.2) is 42.5 Å². The molecule has 2 aromatic rings. The Morgan fingerprint density at radius 3 is 2.45 bits per heavy atom. The Morgan fingerprint density at radius 1 is 1.13 bits per heavy atom. The van der Waals surface area contributed by atoms with E-state index in [4.69, 9.17) is 9.47 Å². The standard InChI is InChI=1S/C24H31N4O3/c1-4-31-24(29)28(17-18-11-7-5-8-12-18)22-20(26-25)15-16-21(23(22)30-3)27(2)19-13-9-6-10-14-19/h5,7-8,11-12,15-16,19H,4,6,9-10,13-14,17H2,1-3H3/q+1. The van der Waals surface area contributed by atoms with Gasteiger partial charge < -0.3 is 14.4 Å². The van der Waals surface area contributed by atoms with Crippen LogP contribution in [0.4, 0.5) is 21.9 Å². The molecule has 0 N–H and O–H groups in total. The summed E-state index contributed by atoms with van der Waals surface area (Å²) < 4.78 is 11.2. The zero-order valence-corrected chi connectivity index (χ0v) is 18.6. The van der Waals surface area contributed by atoms with E-state index in [1.165, 1.54) is 24.2 Å². The van der Waals surface area contributed by atoms with Gasteiger partial charge in [-0.3, -0.25) is 4.90 Å². The highest BCUT2D eigenvalue weighted by Gasteiger charge is 2.34. The summed E-state index contributed by atoms with van der Waals surface area (Å²) in [6.07, 6.45) is 5.39. The SMILES string of the molecule is CCOC(=O)N(Cc1ccccc1)c1c([N+]#N)ccc(N(C)C2CCCCC2)c1OC. The topological polar surface area (TPSA) is 70.2 Å². The van der Waals surface area contributed by atoms with Gasteiger partial charge in [0.2, 0.25) is 5.39 Å². The second-order valence-corrected chi connectivity index (χ2v) is 7.76. The third kappa shape index (κ3) is 5.08. The molecule has 0 unspecified atom stereocenters. The molecule has 0 aromatic heterocycles. The van der Waals surface area contributed by atoms with Crippen molar-refractivity contribution in [2.24, 2.45) is 0 Å². The Bertz CT molecular complexity index is 920. The lowest BCUT2D eigenvalue weighted by Crippen LogP contribution is -2.35. The number of diazo groups is 1. The Morgan fingerprint density at radius 2 is 1.84 bits per heavy atom. The minimum Gasteiger partial charge on any atom is -0.492 e. The predicted octanol–water partition coefficient (Wildman–Crippen LogP) is 6.11. The quantitative estimate of drug-likeness (QED) is 0.502. The second-order valence-electron chi connectivity index (χ2n) is 7.76. The summed E-state index contributed by atoms with van der Waals surface area (Å²) in [6, 6.07) is 13.6. The maximum atomic E-state index is 13.0. The lowest BCUT2D eigenvalue weighted by molar-refractivity contribution is 0.159. The normalized spacial score (nSPS) is 13.9. The Hall–Kier alpha value is -3.27. The van der Waals surface area contributed by atoms with Crippen molar-refractivity contribution in [3.63, 3.8) is 0 Å². The number of carbonyl (C=O) groups excluding carboxylic acids is 1. The van der Waals surface area contributed by atoms with Gasteiger partial charge in [-0.25, -0.2) is 4.79 Å². The van der Waals surface area contributed by atoms with Crippen molar-refractivity contribution in [1.82, 2.24) is 0 Å². The average Bonchev–Trinajstić information content (AvgIpc) is 2.82. The number of rotatable bonds is 7. The van der Waals surface area contributed by atoms with E-state index in [0.717, 1.165) is 24.1 Å². The number of methoxy groups -OCH3 is 1. The van der Waals surface area contributed by atoms with Gasteiger partial charge in [0.25, 0.3) is 0 Å². The van der Waals surface area contributed by atoms with Gasteiger partial charge in [-0.05, 0) is 31.4 Å². The third-order valence-corrected chi connectivity index (χ3v) is 5.85. The smallest absolute Gasteiger partial charge is 0.414 e. The largest absolute Gasteiger partial charge is 0.492 e. The molecule has 1 aliphatic rings. The van der Waals surface area contributed by atoms with Crippen LogP contribution >= 0.6 is 0 Å². The first kappa shape index (κ1) is 22.4. The number of nitrogens with zero attached hydrogens (tertiary/aromatic N) is 4. The van der Waals surface area contributed by atoms with Crippen molar-refractivity contribution in [2.45, 2.75) is 51.6 Å². The minimum absolute atomic E-state index is 0.236. The molecule has 0 heterocycles. The van der Waals surface area contributed by atoms with Crippen LogP contribution < -0.4 is 14.5 Å². The molecule has 31 heavy (non-hydrogen) atoms. The van der Waals surface area contributed by atoms with Gasteiger partial charge in [0.05, 0.1) is 25.9 Å². The van der Waals surface area contributed by atoms with Crippen LogP contribution in [0.2, 0.25) is 0 Å². The highest BCUT2D eigenvalue weighted by Crippen LogP contribution is 2.46. The van der Waals surface area contributed by atoms with Crippen molar-refractivity contribution in [3.05, 3.63) is 53.0 Å². The van der Waals surface area contributed by atoms with E-state index in [2.05, 4.69) is 16.9 Å². The van der Waals surface area contributed by atoms with E-state index >= 15 is 0 Å². The molecule has 3 rings (SSSR count). The van der Waals surface area contributed by atoms with Crippen LogP contribution in [-0.4, -0.2) is 32.9 Å². The van der Waals surface area contributed by atoms with E-state index in [1.54, 1.807) is 20.1 Å². The van der Waals surface area contributed by atoms with Crippen LogP contribution in [-0.2, 0) is 11.3 Å². The summed E-state index contributed by atoms with van der Waals surface area (Å²) in [5.41, 5.74) is 2.43. The first-order valence-corrected chi connectivity index (χ1v) is 10.9. The molecule has 7 nitrogen and oxygen atoms in total. The minimum atomic E-state index is -0.521. The number of carbonyl (C=O) groups is 1. The van der Waals surface area contributed by atoms with Crippen LogP contribution in [0.1, 0.15) is 44.6 Å². The summed E-state index contributed by atoms with van der Waals surface area (Å²) >= 11 is 0. The second kappa shape index (κ2) is 10.7. The molecule has 2 aromatic carbocycles. The van der Waals surface area contributed by atoms with Crippen molar-refractivity contribution < 1.29 is 14.3 Å². The molecule has 0 bridgehead atoms. The van der Waals surface area contributed by atoms with E-state index in [0.29, 0.717) is 17.5 Å². The summed E-state index contributed by atoms with van der Waals surface area (Å²) in [4.78, 5) is 20.1. The van der Waals surface area contributed by atoms with E-state index in [9.17, 15) is 10.2 Å². The van der Waals surface area contributed by atoms with Gasteiger partial charge in [0.15, 0.2) is 16.4 Å². The van der Waals surface area contributed by atoms with Gasteiger partial charge in [0, 0.05) is 19.2 Å².